The standard InChI is InChI=1S/C16H25NO6/c1-15(2,3)23-14(19)17-8-6-7-9-10(17)11-12(13(18)20-9)22-16(4,5)21-11/h9-12H,6-8H2,1-5H3/t9-,10+,11-,12?/m0/s1. The van der Waals surface area contributed by atoms with E-state index in [-0.39, 0.29) is 12.1 Å². The van der Waals surface area contributed by atoms with Crippen LogP contribution in [-0.2, 0) is 23.7 Å². The number of piperidine rings is 1. The van der Waals surface area contributed by atoms with Crippen LogP contribution in [0.4, 0.5) is 4.79 Å². The molecular formula is C16H25NO6. The molecule has 0 aromatic carbocycles. The van der Waals surface area contributed by atoms with E-state index in [9.17, 15) is 9.59 Å². The Morgan fingerprint density at radius 1 is 1.30 bits per heavy atom. The average molecular weight is 327 g/mol. The first-order chi connectivity index (χ1) is 10.6. The Balaban J connectivity index is 1.86. The smallest absolute Gasteiger partial charge is 0.410 e. The maximum absolute atomic E-state index is 12.6. The number of ether oxygens (including phenoxy) is 4. The summed E-state index contributed by atoms with van der Waals surface area (Å²) in [4.78, 5) is 26.4. The van der Waals surface area contributed by atoms with Gasteiger partial charge in [0.25, 0.3) is 0 Å². The van der Waals surface area contributed by atoms with E-state index >= 15 is 0 Å². The highest BCUT2D eigenvalue weighted by molar-refractivity contribution is 5.78. The summed E-state index contributed by atoms with van der Waals surface area (Å²) in [6.07, 6.45) is -0.629. The number of likely N-dealkylation sites (tertiary alicyclic amines) is 1. The quantitative estimate of drug-likeness (QED) is 0.632. The fourth-order valence-corrected chi connectivity index (χ4v) is 3.47. The Morgan fingerprint density at radius 2 is 2.00 bits per heavy atom. The molecule has 0 radical (unpaired) electrons. The molecule has 3 saturated heterocycles. The highest BCUT2D eigenvalue weighted by atomic mass is 16.8. The van der Waals surface area contributed by atoms with E-state index in [2.05, 4.69) is 0 Å². The van der Waals surface area contributed by atoms with E-state index in [1.54, 1.807) is 18.7 Å². The molecule has 1 unspecified atom stereocenters. The van der Waals surface area contributed by atoms with Crippen molar-refractivity contribution >= 4 is 12.1 Å². The molecule has 1 amide bonds. The Kier molecular flexibility index (Phi) is 3.84. The van der Waals surface area contributed by atoms with Gasteiger partial charge in [0.2, 0.25) is 0 Å². The normalized spacial score (nSPS) is 36.0. The molecule has 0 aromatic rings. The summed E-state index contributed by atoms with van der Waals surface area (Å²) in [5.41, 5.74) is -0.582. The Morgan fingerprint density at radius 3 is 2.65 bits per heavy atom. The number of hydrogen-bond acceptors (Lipinski definition) is 6. The van der Waals surface area contributed by atoms with Crippen LogP contribution in [0.2, 0.25) is 0 Å². The number of esters is 1. The first-order valence-corrected chi connectivity index (χ1v) is 8.13. The van der Waals surface area contributed by atoms with E-state index in [1.165, 1.54) is 0 Å². The van der Waals surface area contributed by atoms with E-state index in [0.717, 1.165) is 6.42 Å². The van der Waals surface area contributed by atoms with Gasteiger partial charge in [-0.05, 0) is 47.5 Å². The lowest BCUT2D eigenvalue weighted by Crippen LogP contribution is -2.65. The minimum Gasteiger partial charge on any atom is -0.458 e. The van der Waals surface area contributed by atoms with Gasteiger partial charge in [-0.1, -0.05) is 0 Å². The molecule has 3 rings (SSSR count). The van der Waals surface area contributed by atoms with Crippen LogP contribution in [0.15, 0.2) is 0 Å². The molecule has 4 atom stereocenters. The van der Waals surface area contributed by atoms with Gasteiger partial charge in [0, 0.05) is 6.54 Å². The molecule has 3 aliphatic rings. The van der Waals surface area contributed by atoms with Crippen molar-refractivity contribution in [2.24, 2.45) is 0 Å². The summed E-state index contributed by atoms with van der Waals surface area (Å²) in [5, 5.41) is 0. The van der Waals surface area contributed by atoms with Gasteiger partial charge < -0.3 is 18.9 Å². The van der Waals surface area contributed by atoms with Gasteiger partial charge in [0.05, 0.1) is 0 Å². The number of fused-ring (bicyclic) bond motifs is 3. The average Bonchev–Trinajstić information content (AvgIpc) is 2.72. The molecule has 7 nitrogen and oxygen atoms in total. The SMILES string of the molecule is CC(C)(C)OC(=O)N1CCC[C@@H]2OC(=O)C3OC(C)(C)O[C@H]3[C@@H]21. The van der Waals surface area contributed by atoms with Crippen molar-refractivity contribution < 1.29 is 28.5 Å². The van der Waals surface area contributed by atoms with Crippen molar-refractivity contribution in [2.45, 2.75) is 83.2 Å². The number of rotatable bonds is 0. The van der Waals surface area contributed by atoms with Crippen molar-refractivity contribution in [2.75, 3.05) is 6.54 Å². The summed E-state index contributed by atoms with van der Waals surface area (Å²) < 4.78 is 22.6. The zero-order valence-corrected chi connectivity index (χ0v) is 14.3. The van der Waals surface area contributed by atoms with E-state index in [0.29, 0.717) is 13.0 Å². The number of carbonyl (C=O) groups excluding carboxylic acids is 2. The van der Waals surface area contributed by atoms with Gasteiger partial charge in [-0.15, -0.1) is 0 Å². The minimum absolute atomic E-state index is 0.372. The largest absolute Gasteiger partial charge is 0.458 e. The molecular weight excluding hydrogens is 302 g/mol. The Bertz CT molecular complexity index is 511. The first-order valence-electron chi connectivity index (χ1n) is 8.13. The third-order valence-electron chi connectivity index (χ3n) is 4.22. The second-order valence-corrected chi connectivity index (χ2v) is 7.80. The van der Waals surface area contributed by atoms with Crippen molar-refractivity contribution in [1.29, 1.82) is 0 Å². The van der Waals surface area contributed by atoms with Gasteiger partial charge in [-0.3, -0.25) is 4.90 Å². The van der Waals surface area contributed by atoms with Gasteiger partial charge in [0.1, 0.15) is 23.9 Å². The Hall–Kier alpha value is -1.34. The van der Waals surface area contributed by atoms with Gasteiger partial charge >= 0.3 is 12.1 Å². The lowest BCUT2D eigenvalue weighted by atomic mass is 9.89. The van der Waals surface area contributed by atoms with Crippen molar-refractivity contribution in [3.8, 4) is 0 Å². The third-order valence-corrected chi connectivity index (χ3v) is 4.22. The second kappa shape index (κ2) is 5.34. The number of hydrogen-bond donors (Lipinski definition) is 0. The van der Waals surface area contributed by atoms with Gasteiger partial charge in [-0.2, -0.15) is 0 Å². The summed E-state index contributed by atoms with van der Waals surface area (Å²) in [7, 11) is 0. The van der Waals surface area contributed by atoms with Gasteiger partial charge in [-0.25, -0.2) is 9.59 Å². The van der Waals surface area contributed by atoms with Crippen LogP contribution in [0.25, 0.3) is 0 Å². The van der Waals surface area contributed by atoms with E-state index in [1.807, 2.05) is 20.8 Å². The molecule has 3 fully saturated rings. The molecule has 0 aromatic heterocycles. The predicted molar refractivity (Wildman–Crippen MR) is 79.7 cm³/mol. The highest BCUT2D eigenvalue weighted by Crippen LogP contribution is 2.40. The number of carbonyl (C=O) groups is 2. The maximum Gasteiger partial charge on any atom is 0.410 e. The van der Waals surface area contributed by atoms with Crippen LogP contribution in [0.5, 0.6) is 0 Å². The number of nitrogens with zero attached hydrogens (tertiary/aromatic N) is 1. The van der Waals surface area contributed by atoms with Crippen molar-refractivity contribution in [1.82, 2.24) is 4.90 Å². The minimum atomic E-state index is -0.875. The fraction of sp³-hybridized carbons (Fsp3) is 0.875. The predicted octanol–water partition coefficient (Wildman–Crippen LogP) is 1.83. The first kappa shape index (κ1) is 16.5. The lowest BCUT2D eigenvalue weighted by Gasteiger charge is -2.46. The molecule has 3 aliphatic heterocycles. The van der Waals surface area contributed by atoms with Crippen LogP contribution in [0.1, 0.15) is 47.5 Å². The van der Waals surface area contributed by atoms with Gasteiger partial charge in [0.15, 0.2) is 11.9 Å². The maximum atomic E-state index is 12.6. The second-order valence-electron chi connectivity index (χ2n) is 7.80. The molecule has 0 spiro atoms. The molecule has 0 aliphatic carbocycles. The zero-order valence-electron chi connectivity index (χ0n) is 14.3. The summed E-state index contributed by atoms with van der Waals surface area (Å²) in [5.74, 6) is -1.28. The summed E-state index contributed by atoms with van der Waals surface area (Å²) >= 11 is 0. The molecule has 0 saturated carbocycles. The topological polar surface area (TPSA) is 74.3 Å². The molecule has 0 N–H and O–H groups in total. The summed E-state index contributed by atoms with van der Waals surface area (Å²) in [6.45, 7) is 9.56. The molecule has 3 heterocycles. The van der Waals surface area contributed by atoms with Crippen LogP contribution in [-0.4, -0.2) is 59.2 Å². The molecule has 130 valence electrons. The van der Waals surface area contributed by atoms with Crippen LogP contribution >= 0.6 is 0 Å². The molecule has 23 heavy (non-hydrogen) atoms. The van der Waals surface area contributed by atoms with E-state index in [4.69, 9.17) is 18.9 Å². The number of amides is 1. The van der Waals surface area contributed by atoms with Crippen LogP contribution in [0, 0.1) is 0 Å². The lowest BCUT2D eigenvalue weighted by molar-refractivity contribution is -0.183. The highest BCUT2D eigenvalue weighted by Gasteiger charge is 2.59. The third kappa shape index (κ3) is 3.17. The molecule has 7 heteroatoms. The van der Waals surface area contributed by atoms with Crippen LogP contribution < -0.4 is 0 Å². The summed E-state index contributed by atoms with van der Waals surface area (Å²) in [6, 6.07) is -0.372. The fourth-order valence-electron chi connectivity index (χ4n) is 3.47. The van der Waals surface area contributed by atoms with E-state index < -0.39 is 35.7 Å². The van der Waals surface area contributed by atoms with Crippen molar-refractivity contribution in [3.05, 3.63) is 0 Å². The monoisotopic (exact) mass is 327 g/mol. The Labute approximate surface area is 136 Å². The van der Waals surface area contributed by atoms with Crippen LogP contribution in [0.3, 0.4) is 0 Å². The zero-order chi connectivity index (χ0) is 17.0. The molecule has 0 bridgehead atoms. The van der Waals surface area contributed by atoms with Crippen molar-refractivity contribution in [3.63, 3.8) is 0 Å².